The number of benzene rings is 6. The molecule has 1 heterocycles. The average Bonchev–Trinajstić information content (AvgIpc) is 3.31. The molecule has 1 N–H and O–H groups in total. The molecule has 0 unspecified atom stereocenters. The van der Waals surface area contributed by atoms with Crippen LogP contribution in [-0.2, 0) is 47.3 Å². The molecule has 1 aliphatic heterocycles. The monoisotopic (exact) mass is 820 g/mol. The normalized spacial score (nSPS) is 17.6. The van der Waals surface area contributed by atoms with E-state index in [4.69, 9.17) is 28.4 Å². The van der Waals surface area contributed by atoms with E-state index in [1.807, 2.05) is 140 Å². The minimum Gasteiger partial charge on any atom is -0.497 e. The summed E-state index contributed by atoms with van der Waals surface area (Å²) in [5.74, 6) is 0.679. The van der Waals surface area contributed by atoms with Crippen molar-refractivity contribution < 1.29 is 38.3 Å². The van der Waals surface area contributed by atoms with E-state index in [9.17, 15) is 9.90 Å². The first-order valence-corrected chi connectivity index (χ1v) is 21.2. The standard InChI is InChI=1S/C53H56O8/c1-56-48-29-27-41(28-30-48)38-58-49(31-32-57-37-40-17-7-2-8-18-40)34-46(54)33-47(55)35-50-36-51(61-52(60-50)42-19-9-3-10-20-42)39-59-53(43-21-11-4-12-22-43,44-23-13-5-14-24-44)45-25-15-6-16-26-45/h2-30,46,49-52,54H,31-39H2,1H3/t46-,49+,50-,51-,52-/m1/s1. The third-order valence-electron chi connectivity index (χ3n) is 11.1. The second-order valence-corrected chi connectivity index (χ2v) is 15.5. The topological polar surface area (TPSA) is 92.7 Å². The lowest BCUT2D eigenvalue weighted by Crippen LogP contribution is -2.41. The van der Waals surface area contributed by atoms with Crippen LogP contribution in [0.3, 0.4) is 0 Å². The van der Waals surface area contributed by atoms with E-state index >= 15 is 0 Å². The summed E-state index contributed by atoms with van der Waals surface area (Å²) in [6.45, 7) is 1.52. The van der Waals surface area contributed by atoms with Gasteiger partial charge < -0.3 is 33.5 Å². The highest BCUT2D eigenvalue weighted by Crippen LogP contribution is 2.42. The molecule has 0 amide bonds. The van der Waals surface area contributed by atoms with E-state index in [0.29, 0.717) is 32.7 Å². The highest BCUT2D eigenvalue weighted by atomic mass is 16.7. The quantitative estimate of drug-likeness (QED) is 0.0535. The van der Waals surface area contributed by atoms with Gasteiger partial charge in [-0.15, -0.1) is 0 Å². The summed E-state index contributed by atoms with van der Waals surface area (Å²) in [7, 11) is 1.64. The maximum atomic E-state index is 13.8. The Morgan fingerprint density at radius 1 is 0.672 bits per heavy atom. The SMILES string of the molecule is COc1ccc(CO[C@@H](CCOCc2ccccc2)C[C@H](O)CC(=O)C[C@@H]2C[C@H](COC(c3ccccc3)(c3ccccc3)c3ccccc3)O[C@H](c3ccccc3)O2)cc1. The van der Waals surface area contributed by atoms with Crippen molar-refractivity contribution in [2.24, 2.45) is 0 Å². The van der Waals surface area contributed by atoms with Crippen molar-refractivity contribution in [2.75, 3.05) is 20.3 Å². The smallest absolute Gasteiger partial charge is 0.184 e. The Morgan fingerprint density at radius 3 is 1.77 bits per heavy atom. The van der Waals surface area contributed by atoms with E-state index < -0.39 is 30.2 Å². The molecule has 0 saturated carbocycles. The Balaban J connectivity index is 1.03. The van der Waals surface area contributed by atoms with Crippen LogP contribution in [0.15, 0.2) is 176 Å². The summed E-state index contributed by atoms with van der Waals surface area (Å²) >= 11 is 0. The van der Waals surface area contributed by atoms with Crippen molar-refractivity contribution >= 4 is 5.78 Å². The van der Waals surface area contributed by atoms with Crippen molar-refractivity contribution in [3.63, 3.8) is 0 Å². The Hall–Kier alpha value is -5.45. The maximum Gasteiger partial charge on any atom is 0.184 e. The first kappa shape index (κ1) is 43.6. The van der Waals surface area contributed by atoms with Crippen LogP contribution in [0.5, 0.6) is 5.75 Å². The van der Waals surface area contributed by atoms with Gasteiger partial charge in [-0.2, -0.15) is 0 Å². The molecule has 0 aromatic heterocycles. The van der Waals surface area contributed by atoms with Gasteiger partial charge in [0.1, 0.15) is 17.1 Å². The second-order valence-electron chi connectivity index (χ2n) is 15.5. The van der Waals surface area contributed by atoms with Crippen LogP contribution >= 0.6 is 0 Å². The number of ether oxygens (including phenoxy) is 6. The van der Waals surface area contributed by atoms with E-state index in [1.165, 1.54) is 0 Å². The number of aliphatic hydroxyl groups excluding tert-OH is 1. The van der Waals surface area contributed by atoms with Crippen LogP contribution in [-0.4, -0.2) is 55.6 Å². The fourth-order valence-electron chi connectivity index (χ4n) is 7.95. The van der Waals surface area contributed by atoms with Crippen molar-refractivity contribution in [2.45, 2.75) is 81.6 Å². The number of rotatable bonds is 22. The molecule has 61 heavy (non-hydrogen) atoms. The lowest BCUT2D eigenvalue weighted by Gasteiger charge is -2.40. The first-order chi connectivity index (χ1) is 30.0. The number of Topliss-reactive ketones (excluding diaryl/α,β-unsaturated/α-hetero) is 1. The highest BCUT2D eigenvalue weighted by molar-refractivity contribution is 5.79. The minimum atomic E-state index is -0.929. The largest absolute Gasteiger partial charge is 0.497 e. The van der Waals surface area contributed by atoms with Crippen LogP contribution in [0.25, 0.3) is 0 Å². The van der Waals surface area contributed by atoms with Crippen molar-refractivity contribution in [3.05, 3.63) is 209 Å². The van der Waals surface area contributed by atoms with Gasteiger partial charge in [-0.3, -0.25) is 4.79 Å². The average molecular weight is 821 g/mol. The summed E-state index contributed by atoms with van der Waals surface area (Å²) in [6.07, 6.45) is -1.41. The number of hydrogen-bond acceptors (Lipinski definition) is 8. The van der Waals surface area contributed by atoms with E-state index in [-0.39, 0.29) is 37.8 Å². The fourth-order valence-corrected chi connectivity index (χ4v) is 7.95. The number of aliphatic hydroxyl groups is 1. The van der Waals surface area contributed by atoms with Gasteiger partial charge in [-0.25, -0.2) is 0 Å². The Morgan fingerprint density at radius 2 is 1.20 bits per heavy atom. The van der Waals surface area contributed by atoms with Gasteiger partial charge in [-0.1, -0.05) is 164 Å². The molecular weight excluding hydrogens is 765 g/mol. The maximum absolute atomic E-state index is 13.8. The van der Waals surface area contributed by atoms with Gasteiger partial charge in [0.2, 0.25) is 0 Å². The molecule has 7 rings (SSSR count). The molecular formula is C53H56O8. The third-order valence-corrected chi connectivity index (χ3v) is 11.1. The molecule has 8 heteroatoms. The summed E-state index contributed by atoms with van der Waals surface area (Å²) < 4.78 is 37.9. The van der Waals surface area contributed by atoms with Crippen molar-refractivity contribution in [3.8, 4) is 5.75 Å². The van der Waals surface area contributed by atoms with Gasteiger partial charge in [0, 0.05) is 37.9 Å². The fraction of sp³-hybridized carbons (Fsp3) is 0.302. The third kappa shape index (κ3) is 12.3. The number of ketones is 1. The molecule has 0 bridgehead atoms. The molecule has 8 nitrogen and oxygen atoms in total. The zero-order chi connectivity index (χ0) is 42.1. The van der Waals surface area contributed by atoms with E-state index in [1.54, 1.807) is 7.11 Å². The van der Waals surface area contributed by atoms with Crippen LogP contribution in [0, 0.1) is 0 Å². The number of carbonyl (C=O) groups is 1. The predicted octanol–water partition coefficient (Wildman–Crippen LogP) is 10.2. The molecule has 0 radical (unpaired) electrons. The van der Waals surface area contributed by atoms with Gasteiger partial charge in [0.15, 0.2) is 6.29 Å². The van der Waals surface area contributed by atoms with Crippen molar-refractivity contribution in [1.29, 1.82) is 0 Å². The molecule has 6 aromatic carbocycles. The second kappa shape index (κ2) is 22.4. The molecule has 5 atom stereocenters. The van der Waals surface area contributed by atoms with Crippen LogP contribution in [0.4, 0.5) is 0 Å². The molecule has 0 spiro atoms. The highest BCUT2D eigenvalue weighted by Gasteiger charge is 2.40. The Bertz CT molecular complexity index is 2050. The zero-order valence-corrected chi connectivity index (χ0v) is 34.8. The predicted molar refractivity (Wildman–Crippen MR) is 236 cm³/mol. The van der Waals surface area contributed by atoms with Gasteiger partial charge in [0.25, 0.3) is 0 Å². The minimum absolute atomic E-state index is 0.0235. The molecule has 1 saturated heterocycles. The number of carbonyl (C=O) groups excluding carboxylic acids is 1. The summed E-state index contributed by atoms with van der Waals surface area (Å²) in [4.78, 5) is 13.8. The molecule has 1 aliphatic rings. The number of methoxy groups -OCH3 is 1. The summed E-state index contributed by atoms with van der Waals surface area (Å²) in [5.41, 5.74) is 4.98. The van der Waals surface area contributed by atoms with Crippen LogP contribution in [0.1, 0.15) is 71.8 Å². The Kier molecular flexibility index (Phi) is 16.0. The summed E-state index contributed by atoms with van der Waals surface area (Å²) in [5, 5.41) is 11.4. The van der Waals surface area contributed by atoms with Gasteiger partial charge in [0.05, 0.1) is 51.3 Å². The lowest BCUT2D eigenvalue weighted by molar-refractivity contribution is -0.260. The van der Waals surface area contributed by atoms with E-state index in [0.717, 1.165) is 39.1 Å². The summed E-state index contributed by atoms with van der Waals surface area (Å²) in [6, 6.07) is 58.3. The molecule has 6 aromatic rings. The first-order valence-electron chi connectivity index (χ1n) is 21.2. The lowest BCUT2D eigenvalue weighted by atomic mass is 9.80. The molecule has 0 aliphatic carbocycles. The van der Waals surface area contributed by atoms with E-state index in [2.05, 4.69) is 36.4 Å². The number of hydrogen-bond donors (Lipinski definition) is 1. The van der Waals surface area contributed by atoms with Crippen molar-refractivity contribution in [1.82, 2.24) is 0 Å². The van der Waals surface area contributed by atoms with Crippen LogP contribution in [0.2, 0.25) is 0 Å². The Labute approximate surface area is 360 Å². The molecule has 316 valence electrons. The zero-order valence-electron chi connectivity index (χ0n) is 34.8. The van der Waals surface area contributed by atoms with Gasteiger partial charge in [-0.05, 0) is 46.4 Å². The van der Waals surface area contributed by atoms with Crippen LogP contribution < -0.4 is 4.74 Å². The molecule has 1 fully saturated rings. The van der Waals surface area contributed by atoms with Gasteiger partial charge >= 0.3 is 0 Å².